The van der Waals surface area contributed by atoms with Gasteiger partial charge in [-0.3, -0.25) is 0 Å². The first kappa shape index (κ1) is 10.3. The summed E-state index contributed by atoms with van der Waals surface area (Å²) in [5.41, 5.74) is 0. The fourth-order valence-electron chi connectivity index (χ4n) is 0.568. The smallest absolute Gasteiger partial charge is 0.319 e. The Labute approximate surface area is 80.2 Å². The molecule has 0 amide bonds. The molecule has 0 N–H and O–H groups in total. The second-order valence-electron chi connectivity index (χ2n) is 1.94. The maximum Gasteiger partial charge on any atom is 0.451 e. The molecule has 5 nitrogen and oxygen atoms in total. The van der Waals surface area contributed by atoms with Gasteiger partial charge in [0.25, 0.3) is 0 Å². The van der Waals surface area contributed by atoms with E-state index < -0.39 is 10.4 Å². The lowest BCUT2D eigenvalue weighted by Crippen LogP contribution is -2.07. The highest BCUT2D eigenvalue weighted by atomic mass is 35.5. The molecule has 7 heteroatoms. The van der Waals surface area contributed by atoms with E-state index in [9.17, 15) is 8.42 Å². The minimum Gasteiger partial charge on any atom is -0.319 e. The summed E-state index contributed by atoms with van der Waals surface area (Å²) in [4.78, 5) is 4.36. The highest BCUT2D eigenvalue weighted by Crippen LogP contribution is 2.10. The van der Waals surface area contributed by atoms with Gasteiger partial charge in [-0.25, -0.2) is 0 Å². The van der Waals surface area contributed by atoms with Crippen LogP contribution in [0.2, 0.25) is 0 Å². The molecule has 0 spiro atoms. The molecule has 0 atom stereocenters. The Kier molecular flexibility index (Phi) is 3.49. The van der Waals surface area contributed by atoms with Gasteiger partial charge >= 0.3 is 10.4 Å². The van der Waals surface area contributed by atoms with E-state index in [0.717, 1.165) is 0 Å². The summed E-state index contributed by atoms with van der Waals surface area (Å²) in [6, 6.07) is 8.03. The number of benzene rings is 1. The van der Waals surface area contributed by atoms with Crippen molar-refractivity contribution in [1.29, 1.82) is 0 Å². The molecule has 0 bridgehead atoms. The number of hydrogen-bond donors (Lipinski definition) is 0. The molecule has 1 aromatic rings. The molecule has 72 valence electrons. The van der Waals surface area contributed by atoms with Gasteiger partial charge in [-0.2, -0.15) is 8.42 Å². The van der Waals surface area contributed by atoms with Crippen molar-refractivity contribution in [2.75, 3.05) is 0 Å². The zero-order valence-electron chi connectivity index (χ0n) is 6.21. The number of para-hydroxylation sites is 1. The van der Waals surface area contributed by atoms with Crippen molar-refractivity contribution >= 4 is 22.3 Å². The molecule has 0 radical (unpaired) electrons. The number of halogens is 1. The van der Waals surface area contributed by atoms with Crippen molar-refractivity contribution in [2.45, 2.75) is 0 Å². The van der Waals surface area contributed by atoms with Crippen LogP contribution in [0.15, 0.2) is 30.3 Å². The summed E-state index contributed by atoms with van der Waals surface area (Å²) in [7, 11) is -4.27. The van der Waals surface area contributed by atoms with Gasteiger partial charge in [-0.1, -0.05) is 18.2 Å². The maximum atomic E-state index is 10.5. The minimum atomic E-state index is -4.27. The number of hydrogen-bond acceptors (Lipinski definition) is 5. The van der Waals surface area contributed by atoms with Crippen molar-refractivity contribution in [2.24, 2.45) is 0 Å². The van der Waals surface area contributed by atoms with Crippen molar-refractivity contribution in [1.82, 2.24) is 0 Å². The SMILES string of the molecule is O=S(=O)(OCl)OOc1ccccc1. The van der Waals surface area contributed by atoms with Crippen molar-refractivity contribution in [3.05, 3.63) is 30.3 Å². The van der Waals surface area contributed by atoms with Crippen molar-refractivity contribution < 1.29 is 21.4 Å². The van der Waals surface area contributed by atoms with E-state index in [-0.39, 0.29) is 5.75 Å². The average Bonchev–Trinajstić information content (AvgIpc) is 2.17. The van der Waals surface area contributed by atoms with Gasteiger partial charge in [0.1, 0.15) is 0 Å². The van der Waals surface area contributed by atoms with Crippen LogP contribution in [0.25, 0.3) is 0 Å². The molecule has 0 saturated heterocycles. The third-order valence-corrected chi connectivity index (χ3v) is 1.89. The lowest BCUT2D eigenvalue weighted by atomic mass is 10.3. The average molecular weight is 225 g/mol. The van der Waals surface area contributed by atoms with Gasteiger partial charge in [0.2, 0.25) is 0 Å². The summed E-state index contributed by atoms with van der Waals surface area (Å²) in [5, 5.41) is 0. The molecule has 0 fully saturated rings. The summed E-state index contributed by atoms with van der Waals surface area (Å²) in [6.45, 7) is 0. The summed E-state index contributed by atoms with van der Waals surface area (Å²) in [5.74, 6) is 0.222. The first-order chi connectivity index (χ1) is 6.14. The summed E-state index contributed by atoms with van der Waals surface area (Å²) < 4.78 is 28.3. The largest absolute Gasteiger partial charge is 0.451 e. The van der Waals surface area contributed by atoms with E-state index in [4.69, 9.17) is 0 Å². The monoisotopic (exact) mass is 224 g/mol. The Balaban J connectivity index is 2.54. The van der Waals surface area contributed by atoms with Gasteiger partial charge in [0.05, 0.1) is 11.9 Å². The van der Waals surface area contributed by atoms with Crippen LogP contribution in [0.4, 0.5) is 0 Å². The van der Waals surface area contributed by atoms with Crippen LogP contribution in [0.5, 0.6) is 5.75 Å². The highest BCUT2D eigenvalue weighted by Gasteiger charge is 2.12. The number of rotatable bonds is 4. The normalized spacial score (nSPS) is 11.2. The molecule has 13 heavy (non-hydrogen) atoms. The molecule has 0 aromatic heterocycles. The van der Waals surface area contributed by atoms with E-state index >= 15 is 0 Å². The molecule has 0 heterocycles. The fourth-order valence-corrected chi connectivity index (χ4v) is 0.813. The summed E-state index contributed by atoms with van der Waals surface area (Å²) >= 11 is 4.57. The molecule has 0 aliphatic rings. The van der Waals surface area contributed by atoms with Gasteiger partial charge in [0, 0.05) is 0 Å². The zero-order chi connectivity index (χ0) is 9.73. The van der Waals surface area contributed by atoms with E-state index in [1.165, 1.54) is 12.1 Å². The zero-order valence-corrected chi connectivity index (χ0v) is 7.79. The molecule has 1 aromatic carbocycles. The molecule has 0 saturated carbocycles. The first-order valence-corrected chi connectivity index (χ1v) is 4.74. The van der Waals surface area contributed by atoms with Crippen LogP contribution in [0.1, 0.15) is 0 Å². The second kappa shape index (κ2) is 4.43. The van der Waals surface area contributed by atoms with Gasteiger partial charge < -0.3 is 4.89 Å². The molecule has 0 unspecified atom stereocenters. The van der Waals surface area contributed by atoms with Crippen LogP contribution in [-0.4, -0.2) is 8.42 Å². The van der Waals surface area contributed by atoms with Gasteiger partial charge in [-0.05, 0) is 16.5 Å². The third kappa shape index (κ3) is 3.60. The van der Waals surface area contributed by atoms with E-state index in [2.05, 4.69) is 24.8 Å². The third-order valence-electron chi connectivity index (χ3n) is 1.03. The fraction of sp³-hybridized carbons (Fsp3) is 0. The van der Waals surface area contributed by atoms with Crippen LogP contribution in [0, 0.1) is 0 Å². The van der Waals surface area contributed by atoms with Crippen LogP contribution in [0.3, 0.4) is 0 Å². The molecule has 0 aliphatic heterocycles. The lowest BCUT2D eigenvalue weighted by molar-refractivity contribution is -0.101. The predicted octanol–water partition coefficient (Wildman–Crippen LogP) is 1.41. The van der Waals surface area contributed by atoms with Crippen molar-refractivity contribution in [3.63, 3.8) is 0 Å². The first-order valence-electron chi connectivity index (χ1n) is 3.10. The van der Waals surface area contributed by atoms with E-state index in [1.807, 2.05) is 0 Å². The Morgan fingerprint density at radius 1 is 1.15 bits per heavy atom. The van der Waals surface area contributed by atoms with Crippen molar-refractivity contribution in [3.8, 4) is 5.75 Å². The van der Waals surface area contributed by atoms with Crippen LogP contribution < -0.4 is 4.89 Å². The van der Waals surface area contributed by atoms with Gasteiger partial charge in [-0.15, -0.1) is 3.74 Å². The molecular weight excluding hydrogens is 220 g/mol. The predicted molar refractivity (Wildman–Crippen MR) is 44.0 cm³/mol. The lowest BCUT2D eigenvalue weighted by Gasteiger charge is -2.00. The minimum absolute atomic E-state index is 0.222. The molecule has 1 rings (SSSR count). The Hall–Kier alpha value is -0.820. The highest BCUT2D eigenvalue weighted by molar-refractivity contribution is 7.82. The van der Waals surface area contributed by atoms with Crippen LogP contribution >= 0.6 is 11.9 Å². The Bertz CT molecular complexity index is 349. The van der Waals surface area contributed by atoms with Crippen LogP contribution in [-0.2, 0) is 18.5 Å². The standard InChI is InChI=1S/C6H5ClO5S/c7-11-13(8,9)12-10-6-4-2-1-3-5-6/h1-5H. The second-order valence-corrected chi connectivity index (χ2v) is 3.39. The molecule has 0 aliphatic carbocycles. The van der Waals surface area contributed by atoms with Gasteiger partial charge in [0.15, 0.2) is 5.75 Å². The molecular formula is C6H5ClO5S. The quantitative estimate of drug-likeness (QED) is 0.572. The topological polar surface area (TPSA) is 61.8 Å². The summed E-state index contributed by atoms with van der Waals surface area (Å²) in [6.07, 6.45) is 0. The Morgan fingerprint density at radius 2 is 1.77 bits per heavy atom. The van der Waals surface area contributed by atoms with E-state index in [1.54, 1.807) is 18.2 Å². The Morgan fingerprint density at radius 3 is 2.31 bits per heavy atom. The van der Waals surface area contributed by atoms with E-state index in [0.29, 0.717) is 0 Å². The maximum absolute atomic E-state index is 10.5.